The molecule has 2 aromatic carbocycles. The molecule has 2 saturated heterocycles. The highest BCUT2D eigenvalue weighted by molar-refractivity contribution is 6.63. The summed E-state index contributed by atoms with van der Waals surface area (Å²) < 4.78 is 26.6. The molecule has 34 heavy (non-hydrogen) atoms. The summed E-state index contributed by atoms with van der Waals surface area (Å²) in [6, 6.07) is 12.0. The molecule has 2 aliphatic rings. The summed E-state index contributed by atoms with van der Waals surface area (Å²) in [4.78, 5) is 0. The van der Waals surface area contributed by atoms with Gasteiger partial charge >= 0.3 is 14.2 Å². The second-order valence-corrected chi connectivity index (χ2v) is 11.7. The van der Waals surface area contributed by atoms with Crippen molar-refractivity contribution in [3.05, 3.63) is 47.6 Å². The molecule has 3 heterocycles. The second-order valence-electron chi connectivity index (χ2n) is 11.3. The topological polar surface area (TPSA) is 54.7 Å². The van der Waals surface area contributed by atoms with Gasteiger partial charge in [0.1, 0.15) is 5.52 Å². The van der Waals surface area contributed by atoms with Crippen LogP contribution in [-0.4, -0.2) is 46.4 Å². The molecule has 0 unspecified atom stereocenters. The summed E-state index contributed by atoms with van der Waals surface area (Å²) in [5.41, 5.74) is 1.93. The van der Waals surface area contributed by atoms with Gasteiger partial charge in [-0.05, 0) is 84.5 Å². The first-order valence-corrected chi connectivity index (χ1v) is 12.1. The van der Waals surface area contributed by atoms with Crippen LogP contribution in [0.4, 0.5) is 0 Å². The Morgan fingerprint density at radius 2 is 1.18 bits per heavy atom. The van der Waals surface area contributed by atoms with Crippen molar-refractivity contribution < 1.29 is 18.6 Å². The smallest absolute Gasteiger partial charge is 0.399 e. The molecule has 1 aromatic heterocycles. The van der Waals surface area contributed by atoms with Gasteiger partial charge < -0.3 is 18.6 Å². The lowest BCUT2D eigenvalue weighted by Crippen LogP contribution is -2.41. The van der Waals surface area contributed by atoms with Gasteiger partial charge in [0.15, 0.2) is 0 Å². The maximum absolute atomic E-state index is 6.63. The molecule has 178 valence electrons. The number of fused-ring (bicyclic) bond motifs is 1. The molecular weight excluding hydrogens is 449 g/mol. The molecule has 2 fully saturated rings. The van der Waals surface area contributed by atoms with E-state index in [4.69, 9.17) is 35.3 Å². The Kier molecular flexibility index (Phi) is 5.33. The number of hydrogen-bond acceptors (Lipinski definition) is 5. The van der Waals surface area contributed by atoms with E-state index in [1.54, 1.807) is 0 Å². The summed E-state index contributed by atoms with van der Waals surface area (Å²) in [6.07, 6.45) is 1.97. The summed E-state index contributed by atoms with van der Waals surface area (Å²) in [5, 5.41) is 6.21. The van der Waals surface area contributed by atoms with Crippen LogP contribution in [0.3, 0.4) is 0 Å². The van der Waals surface area contributed by atoms with Crippen LogP contribution in [0.2, 0.25) is 5.02 Å². The average Bonchev–Trinajstić information content (AvgIpc) is 3.32. The maximum Gasteiger partial charge on any atom is 0.494 e. The quantitative estimate of drug-likeness (QED) is 0.524. The Labute approximate surface area is 207 Å². The van der Waals surface area contributed by atoms with Crippen molar-refractivity contribution in [2.45, 2.75) is 77.8 Å². The Morgan fingerprint density at radius 3 is 1.68 bits per heavy atom. The number of rotatable bonds is 3. The fourth-order valence-electron chi connectivity index (χ4n) is 4.13. The predicted molar refractivity (Wildman–Crippen MR) is 138 cm³/mol. The molecular formula is C25H31B2ClN2O4. The molecule has 0 atom stereocenters. The first kappa shape index (κ1) is 23.9. The van der Waals surface area contributed by atoms with E-state index in [2.05, 4.69) is 27.7 Å². The zero-order valence-electron chi connectivity index (χ0n) is 21.1. The summed E-state index contributed by atoms with van der Waals surface area (Å²) in [7, 11) is -0.873. The van der Waals surface area contributed by atoms with Crippen LogP contribution >= 0.6 is 11.6 Å². The molecule has 0 spiro atoms. The number of nitrogens with zero attached hydrogens (tertiary/aromatic N) is 2. The fourth-order valence-corrected chi connectivity index (χ4v) is 4.40. The maximum atomic E-state index is 6.63. The van der Waals surface area contributed by atoms with Crippen LogP contribution in [0.5, 0.6) is 0 Å². The number of hydrogen-bond donors (Lipinski definition) is 0. The standard InChI is InChI=1S/C25H31B2ClN2O4/c1-22(2)23(3,4)32-26(31-22)17-9-11-19(12-10-17)30-15-16-13-18(14-20(28)21(16)29-30)27-33-24(5,6)25(7,8)34-27/h9-15H,1-8H3. The molecule has 0 bridgehead atoms. The molecule has 6 nitrogen and oxygen atoms in total. The average molecular weight is 481 g/mol. The molecule has 9 heteroatoms. The normalized spacial score (nSPS) is 22.6. The summed E-state index contributed by atoms with van der Waals surface area (Å²) in [6.45, 7) is 16.4. The van der Waals surface area contributed by atoms with Crippen LogP contribution in [0.25, 0.3) is 16.6 Å². The molecule has 0 amide bonds. The van der Waals surface area contributed by atoms with Crippen molar-refractivity contribution in [2.75, 3.05) is 0 Å². The van der Waals surface area contributed by atoms with Gasteiger partial charge in [-0.25, -0.2) is 4.68 Å². The third kappa shape index (κ3) is 3.80. The van der Waals surface area contributed by atoms with Gasteiger partial charge in [-0.15, -0.1) is 0 Å². The lowest BCUT2D eigenvalue weighted by molar-refractivity contribution is 0.00578. The van der Waals surface area contributed by atoms with E-state index in [0.717, 1.165) is 27.5 Å². The van der Waals surface area contributed by atoms with E-state index in [9.17, 15) is 0 Å². The highest BCUT2D eigenvalue weighted by Gasteiger charge is 2.52. The third-order valence-electron chi connectivity index (χ3n) is 7.79. The van der Waals surface area contributed by atoms with Crippen LogP contribution in [0, 0.1) is 0 Å². The van der Waals surface area contributed by atoms with Crippen molar-refractivity contribution >= 4 is 47.7 Å². The Balaban J connectivity index is 1.42. The van der Waals surface area contributed by atoms with Crippen molar-refractivity contribution in [2.24, 2.45) is 0 Å². The minimum absolute atomic E-state index is 0.373. The zero-order valence-corrected chi connectivity index (χ0v) is 21.9. The van der Waals surface area contributed by atoms with Crippen molar-refractivity contribution in [3.63, 3.8) is 0 Å². The lowest BCUT2D eigenvalue weighted by atomic mass is 9.78. The molecule has 3 aromatic rings. The predicted octanol–water partition coefficient (Wildman–Crippen LogP) is 4.28. The van der Waals surface area contributed by atoms with Crippen LogP contribution in [0.1, 0.15) is 55.4 Å². The molecule has 0 radical (unpaired) electrons. The first-order valence-electron chi connectivity index (χ1n) is 11.7. The van der Waals surface area contributed by atoms with Gasteiger partial charge in [-0.3, -0.25) is 0 Å². The van der Waals surface area contributed by atoms with E-state index >= 15 is 0 Å². The zero-order chi connectivity index (χ0) is 24.7. The first-order chi connectivity index (χ1) is 15.7. The van der Waals surface area contributed by atoms with Crippen molar-refractivity contribution in [1.29, 1.82) is 0 Å². The molecule has 0 N–H and O–H groups in total. The van der Waals surface area contributed by atoms with E-state index in [0.29, 0.717) is 5.02 Å². The SMILES string of the molecule is CC1(C)OB(c2ccc(-n3cc4cc(B5OC(C)(C)C(C)(C)O5)cc(Cl)c4n3)cc2)OC1(C)C. The molecule has 0 aliphatic carbocycles. The van der Waals surface area contributed by atoms with E-state index in [1.807, 2.05) is 75.0 Å². The van der Waals surface area contributed by atoms with Crippen LogP contribution in [-0.2, 0) is 18.6 Å². The van der Waals surface area contributed by atoms with Gasteiger partial charge in [0, 0.05) is 11.6 Å². The largest absolute Gasteiger partial charge is 0.494 e. The lowest BCUT2D eigenvalue weighted by Gasteiger charge is -2.32. The van der Waals surface area contributed by atoms with Gasteiger partial charge in [0.25, 0.3) is 0 Å². The fraction of sp³-hybridized carbons (Fsp3) is 0.480. The minimum Gasteiger partial charge on any atom is -0.399 e. The molecule has 0 saturated carbocycles. The highest BCUT2D eigenvalue weighted by atomic mass is 35.5. The van der Waals surface area contributed by atoms with E-state index in [-0.39, 0.29) is 11.2 Å². The number of halogens is 1. The minimum atomic E-state index is -0.477. The second kappa shape index (κ2) is 7.58. The number of aromatic nitrogens is 2. The van der Waals surface area contributed by atoms with Gasteiger partial charge in [-0.1, -0.05) is 29.8 Å². The monoisotopic (exact) mass is 480 g/mol. The Hall–Kier alpha value is -1.83. The van der Waals surface area contributed by atoms with E-state index in [1.165, 1.54) is 0 Å². The van der Waals surface area contributed by atoms with Crippen molar-refractivity contribution in [3.8, 4) is 5.69 Å². The Morgan fingerprint density at radius 1 is 0.706 bits per heavy atom. The Bertz CT molecular complexity index is 1220. The van der Waals surface area contributed by atoms with Crippen LogP contribution < -0.4 is 10.9 Å². The summed E-state index contributed by atoms with van der Waals surface area (Å²) >= 11 is 6.63. The summed E-state index contributed by atoms with van der Waals surface area (Å²) in [5.74, 6) is 0. The third-order valence-corrected chi connectivity index (χ3v) is 8.08. The van der Waals surface area contributed by atoms with Gasteiger partial charge in [-0.2, -0.15) is 5.10 Å². The molecule has 2 aliphatic heterocycles. The number of benzene rings is 2. The van der Waals surface area contributed by atoms with Gasteiger partial charge in [0.2, 0.25) is 0 Å². The molecule has 5 rings (SSSR count). The van der Waals surface area contributed by atoms with Crippen molar-refractivity contribution in [1.82, 2.24) is 9.78 Å². The van der Waals surface area contributed by atoms with E-state index < -0.39 is 25.4 Å². The van der Waals surface area contributed by atoms with Crippen LogP contribution in [0.15, 0.2) is 42.6 Å². The van der Waals surface area contributed by atoms with Gasteiger partial charge in [0.05, 0.1) is 33.1 Å². The highest BCUT2D eigenvalue weighted by Crippen LogP contribution is 2.38.